The zero-order chi connectivity index (χ0) is 9.28. The summed E-state index contributed by atoms with van der Waals surface area (Å²) in [7, 11) is -3.44. The molecule has 0 saturated heterocycles. The van der Waals surface area contributed by atoms with Crippen LogP contribution in [-0.4, -0.2) is 28.0 Å². The fraction of sp³-hybridized carbons (Fsp3) is 0.800. The van der Waals surface area contributed by atoms with E-state index in [-0.39, 0.29) is 0 Å². The average molecular weight is 182 g/mol. The summed E-state index contributed by atoms with van der Waals surface area (Å²) >= 11 is 0. The van der Waals surface area contributed by atoms with E-state index in [1.165, 1.54) is 21.0 Å². The molecule has 0 aromatic rings. The highest BCUT2D eigenvalue weighted by molar-refractivity contribution is 7.70. The molecule has 0 fully saturated rings. The van der Waals surface area contributed by atoms with Crippen molar-refractivity contribution >= 4 is 13.1 Å². The summed E-state index contributed by atoms with van der Waals surface area (Å²) in [6, 6.07) is 0. The Morgan fingerprint density at radius 3 is 1.91 bits per heavy atom. The first-order valence-electron chi connectivity index (χ1n) is 2.87. The van der Waals surface area contributed by atoms with Crippen LogP contribution in [0.5, 0.6) is 0 Å². The first kappa shape index (κ1) is 10.8. The van der Waals surface area contributed by atoms with Crippen molar-refractivity contribution in [3.05, 3.63) is 0 Å². The molecule has 0 aliphatic heterocycles. The Morgan fingerprint density at radius 1 is 1.45 bits per heavy atom. The zero-order valence-electron chi connectivity index (χ0n) is 6.57. The molecule has 0 rings (SSSR count). The highest BCUT2D eigenvalue weighted by Crippen LogP contribution is 2.40. The van der Waals surface area contributed by atoms with E-state index in [2.05, 4.69) is 4.74 Å². The Morgan fingerprint density at radius 2 is 1.82 bits per heavy atom. The number of ether oxygens (including phenoxy) is 1. The van der Waals surface area contributed by atoms with Gasteiger partial charge in [0.1, 0.15) is 5.60 Å². The second-order valence-electron chi connectivity index (χ2n) is 2.56. The van der Waals surface area contributed by atoms with Crippen LogP contribution in [-0.2, 0) is 14.1 Å². The van der Waals surface area contributed by atoms with Crippen LogP contribution in [0.4, 0.5) is 0 Å². The molecular formula is C5H11O5P. The van der Waals surface area contributed by atoms with Crippen LogP contribution in [0, 0.1) is 0 Å². The summed E-state index contributed by atoms with van der Waals surface area (Å²) in [5.74, 6) is 0. The third kappa shape index (κ3) is 2.71. The van der Waals surface area contributed by atoms with Gasteiger partial charge in [0.2, 0.25) is 0 Å². The maximum Gasteiger partial charge on any atom is 0.394 e. The van der Waals surface area contributed by atoms with Crippen LogP contribution >= 0.6 is 7.60 Å². The van der Waals surface area contributed by atoms with Crippen molar-refractivity contribution in [1.29, 1.82) is 0 Å². The minimum absolute atomic E-state index is 1.20. The molecule has 0 amide bonds. The molecule has 0 radical (unpaired) electrons. The standard InChI is InChI=1S/C5H11O5P/c1-5(2,10-3)4(6)11(7,8)9/h1-3H3,(H2,7,8,9). The lowest BCUT2D eigenvalue weighted by molar-refractivity contribution is -0.130. The Bertz CT molecular complexity index is 203. The molecule has 0 unspecified atom stereocenters. The summed E-state index contributed by atoms with van der Waals surface area (Å²) in [5, 5.41) is 0. The van der Waals surface area contributed by atoms with Crippen LogP contribution in [0.3, 0.4) is 0 Å². The molecule has 0 heterocycles. The van der Waals surface area contributed by atoms with Crippen LogP contribution in [0.1, 0.15) is 13.8 Å². The molecule has 0 bridgehead atoms. The van der Waals surface area contributed by atoms with E-state index in [1.54, 1.807) is 0 Å². The maximum atomic E-state index is 10.8. The Kier molecular flexibility index (Phi) is 2.97. The topological polar surface area (TPSA) is 83.8 Å². The lowest BCUT2D eigenvalue weighted by atomic mass is 10.2. The number of methoxy groups -OCH3 is 1. The summed E-state index contributed by atoms with van der Waals surface area (Å²) in [4.78, 5) is 27.7. The van der Waals surface area contributed by atoms with Crippen molar-refractivity contribution in [2.24, 2.45) is 0 Å². The highest BCUT2D eigenvalue weighted by atomic mass is 31.2. The van der Waals surface area contributed by atoms with E-state index >= 15 is 0 Å². The van der Waals surface area contributed by atoms with Crippen molar-refractivity contribution in [3.8, 4) is 0 Å². The molecule has 66 valence electrons. The van der Waals surface area contributed by atoms with Gasteiger partial charge in [0.15, 0.2) is 0 Å². The molecular weight excluding hydrogens is 171 g/mol. The zero-order valence-corrected chi connectivity index (χ0v) is 7.46. The number of hydrogen-bond donors (Lipinski definition) is 2. The van der Waals surface area contributed by atoms with Crippen LogP contribution in [0.15, 0.2) is 0 Å². The van der Waals surface area contributed by atoms with E-state index in [4.69, 9.17) is 9.79 Å². The number of hydrogen-bond acceptors (Lipinski definition) is 3. The summed E-state index contributed by atoms with van der Waals surface area (Å²) in [6.07, 6.45) is 0. The maximum absolute atomic E-state index is 10.8. The third-order valence-electron chi connectivity index (χ3n) is 1.29. The van der Waals surface area contributed by atoms with Gasteiger partial charge >= 0.3 is 7.60 Å². The van der Waals surface area contributed by atoms with Crippen molar-refractivity contribution in [2.45, 2.75) is 19.4 Å². The number of carbonyl (C=O) groups is 1. The Hall–Kier alpha value is -0.220. The largest absolute Gasteiger partial charge is 0.394 e. The van der Waals surface area contributed by atoms with Crippen molar-refractivity contribution in [3.63, 3.8) is 0 Å². The minimum atomic E-state index is -4.66. The minimum Gasteiger partial charge on any atom is -0.370 e. The lowest BCUT2D eigenvalue weighted by Crippen LogP contribution is -2.33. The van der Waals surface area contributed by atoms with Gasteiger partial charge in [-0.1, -0.05) is 0 Å². The van der Waals surface area contributed by atoms with Crippen molar-refractivity contribution < 1.29 is 23.9 Å². The molecule has 0 saturated carbocycles. The summed E-state index contributed by atoms with van der Waals surface area (Å²) in [5.41, 5.74) is -2.62. The first-order chi connectivity index (χ1) is 4.72. The predicted molar refractivity (Wildman–Crippen MR) is 38.1 cm³/mol. The fourth-order valence-corrected chi connectivity index (χ4v) is 1.23. The monoisotopic (exact) mass is 182 g/mol. The molecule has 0 aromatic carbocycles. The normalized spacial score (nSPS) is 13.2. The fourth-order valence-electron chi connectivity index (χ4n) is 0.438. The van der Waals surface area contributed by atoms with Gasteiger partial charge in [-0.3, -0.25) is 9.36 Å². The van der Waals surface area contributed by atoms with Crippen molar-refractivity contribution in [2.75, 3.05) is 7.11 Å². The third-order valence-corrected chi connectivity index (χ3v) is 2.36. The SMILES string of the molecule is COC(C)(C)C(=O)P(=O)(O)O. The molecule has 0 atom stereocenters. The molecule has 11 heavy (non-hydrogen) atoms. The van der Waals surface area contributed by atoms with Gasteiger partial charge in [0.25, 0.3) is 5.52 Å². The van der Waals surface area contributed by atoms with E-state index in [0.29, 0.717) is 0 Å². The van der Waals surface area contributed by atoms with Gasteiger partial charge in [-0.05, 0) is 13.8 Å². The Labute approximate surface area is 64.5 Å². The van der Waals surface area contributed by atoms with E-state index in [1.807, 2.05) is 0 Å². The van der Waals surface area contributed by atoms with Gasteiger partial charge < -0.3 is 14.5 Å². The molecule has 0 aliphatic rings. The van der Waals surface area contributed by atoms with E-state index in [9.17, 15) is 9.36 Å². The first-order valence-corrected chi connectivity index (χ1v) is 4.49. The number of carbonyl (C=O) groups excluding carboxylic acids is 1. The quantitative estimate of drug-likeness (QED) is 0.605. The smallest absolute Gasteiger partial charge is 0.370 e. The molecule has 0 aromatic heterocycles. The van der Waals surface area contributed by atoms with Crippen molar-refractivity contribution in [1.82, 2.24) is 0 Å². The molecule has 5 nitrogen and oxygen atoms in total. The molecule has 0 spiro atoms. The van der Waals surface area contributed by atoms with Gasteiger partial charge in [-0.2, -0.15) is 0 Å². The van der Waals surface area contributed by atoms with Gasteiger partial charge in [0, 0.05) is 7.11 Å². The van der Waals surface area contributed by atoms with Crippen LogP contribution in [0.2, 0.25) is 0 Å². The Balaban J connectivity index is 4.64. The predicted octanol–water partition coefficient (Wildman–Crippen LogP) is 0.116. The average Bonchev–Trinajstić information content (AvgIpc) is 1.84. The highest BCUT2D eigenvalue weighted by Gasteiger charge is 2.40. The van der Waals surface area contributed by atoms with Crippen LogP contribution < -0.4 is 0 Å². The van der Waals surface area contributed by atoms with Crippen LogP contribution in [0.25, 0.3) is 0 Å². The number of rotatable bonds is 3. The van der Waals surface area contributed by atoms with E-state index < -0.39 is 18.7 Å². The second-order valence-corrected chi connectivity index (χ2v) is 4.06. The van der Waals surface area contributed by atoms with Gasteiger partial charge in [0.05, 0.1) is 0 Å². The molecule has 6 heteroatoms. The lowest BCUT2D eigenvalue weighted by Gasteiger charge is -2.20. The molecule has 0 aliphatic carbocycles. The van der Waals surface area contributed by atoms with E-state index in [0.717, 1.165) is 0 Å². The second kappa shape index (κ2) is 3.03. The summed E-state index contributed by atoms with van der Waals surface area (Å²) < 4.78 is 15.0. The van der Waals surface area contributed by atoms with Gasteiger partial charge in [-0.25, -0.2) is 0 Å². The summed E-state index contributed by atoms with van der Waals surface area (Å²) in [6.45, 7) is 2.60. The molecule has 2 N–H and O–H groups in total. The van der Waals surface area contributed by atoms with Gasteiger partial charge in [-0.15, -0.1) is 0 Å².